The number of rotatable bonds is 5. The lowest BCUT2D eigenvalue weighted by atomic mass is 10.2. The average molecular weight is 409 g/mol. The highest BCUT2D eigenvalue weighted by Crippen LogP contribution is 2.19. The van der Waals surface area contributed by atoms with Gasteiger partial charge in [-0.2, -0.15) is 4.31 Å². The molecule has 0 bridgehead atoms. The van der Waals surface area contributed by atoms with Gasteiger partial charge in [0, 0.05) is 31.9 Å². The first-order valence-corrected chi connectivity index (χ1v) is 10.3. The number of nitrogens with zero attached hydrogens (tertiary/aromatic N) is 2. The number of halogens is 2. The number of amides is 1. The van der Waals surface area contributed by atoms with Crippen molar-refractivity contribution in [2.75, 3.05) is 31.5 Å². The predicted molar refractivity (Wildman–Crippen MR) is 101 cm³/mol. The summed E-state index contributed by atoms with van der Waals surface area (Å²) in [4.78, 5) is 14.2. The van der Waals surface area contributed by atoms with E-state index in [2.05, 4.69) is 5.32 Å². The number of piperazine rings is 1. The zero-order valence-corrected chi connectivity index (χ0v) is 16.1. The molecule has 0 radical (unpaired) electrons. The second-order valence-electron chi connectivity index (χ2n) is 6.57. The lowest BCUT2D eigenvalue weighted by molar-refractivity contribution is -0.121. The highest BCUT2D eigenvalue weighted by molar-refractivity contribution is 7.89. The molecule has 1 unspecified atom stereocenters. The molecule has 0 spiro atoms. The van der Waals surface area contributed by atoms with Crippen molar-refractivity contribution in [3.63, 3.8) is 0 Å². The van der Waals surface area contributed by atoms with E-state index in [4.69, 9.17) is 0 Å². The van der Waals surface area contributed by atoms with Crippen molar-refractivity contribution >= 4 is 21.6 Å². The SMILES string of the molecule is CC(C(=O)Nc1cccc(F)c1)N1CCN(S(=O)(=O)c2cccc(F)c2)CC1. The second-order valence-corrected chi connectivity index (χ2v) is 8.51. The molecule has 9 heteroatoms. The quantitative estimate of drug-likeness (QED) is 0.823. The first-order chi connectivity index (χ1) is 13.3. The lowest BCUT2D eigenvalue weighted by Gasteiger charge is -2.36. The highest BCUT2D eigenvalue weighted by atomic mass is 32.2. The molecular weight excluding hydrogens is 388 g/mol. The van der Waals surface area contributed by atoms with E-state index in [1.54, 1.807) is 13.0 Å². The minimum atomic E-state index is -3.78. The molecular formula is C19H21F2N3O3S. The van der Waals surface area contributed by atoms with Crippen LogP contribution in [0, 0.1) is 11.6 Å². The molecule has 1 atom stereocenters. The largest absolute Gasteiger partial charge is 0.325 e. The number of carbonyl (C=O) groups excluding carboxylic acids is 1. The summed E-state index contributed by atoms with van der Waals surface area (Å²) in [5, 5.41) is 2.66. The third-order valence-electron chi connectivity index (χ3n) is 4.73. The molecule has 1 N–H and O–H groups in total. The second kappa shape index (κ2) is 8.34. The first kappa shape index (κ1) is 20.4. The molecule has 1 heterocycles. The van der Waals surface area contributed by atoms with Gasteiger partial charge in [0.15, 0.2) is 0 Å². The minimum Gasteiger partial charge on any atom is -0.325 e. The van der Waals surface area contributed by atoms with Gasteiger partial charge >= 0.3 is 0 Å². The van der Waals surface area contributed by atoms with E-state index in [1.807, 2.05) is 4.90 Å². The van der Waals surface area contributed by atoms with Crippen LogP contribution in [-0.4, -0.2) is 55.8 Å². The van der Waals surface area contributed by atoms with Crippen molar-refractivity contribution < 1.29 is 22.0 Å². The van der Waals surface area contributed by atoms with Crippen LogP contribution < -0.4 is 5.32 Å². The van der Waals surface area contributed by atoms with Crippen LogP contribution in [0.2, 0.25) is 0 Å². The van der Waals surface area contributed by atoms with E-state index in [9.17, 15) is 22.0 Å². The smallest absolute Gasteiger partial charge is 0.243 e. The summed E-state index contributed by atoms with van der Waals surface area (Å²) in [6, 6.07) is 10.0. The standard InChI is InChI=1S/C19H21F2N3O3S/c1-14(19(25)22-17-6-2-4-15(20)12-17)23-8-10-24(11-9-23)28(26,27)18-7-3-5-16(21)13-18/h2-7,12-14H,8-11H2,1H3,(H,22,25). The summed E-state index contributed by atoms with van der Waals surface area (Å²) in [5.41, 5.74) is 0.365. The minimum absolute atomic E-state index is 0.0853. The van der Waals surface area contributed by atoms with E-state index in [-0.39, 0.29) is 23.9 Å². The van der Waals surface area contributed by atoms with Gasteiger partial charge in [-0.1, -0.05) is 12.1 Å². The molecule has 0 aromatic heterocycles. The van der Waals surface area contributed by atoms with E-state index in [1.165, 1.54) is 40.7 Å². The molecule has 28 heavy (non-hydrogen) atoms. The van der Waals surface area contributed by atoms with E-state index >= 15 is 0 Å². The van der Waals surface area contributed by atoms with Crippen molar-refractivity contribution in [3.05, 3.63) is 60.2 Å². The molecule has 1 saturated heterocycles. The third-order valence-corrected chi connectivity index (χ3v) is 6.62. The Morgan fingerprint density at radius 2 is 1.61 bits per heavy atom. The first-order valence-electron chi connectivity index (χ1n) is 8.83. The van der Waals surface area contributed by atoms with Gasteiger partial charge in [-0.25, -0.2) is 17.2 Å². The summed E-state index contributed by atoms with van der Waals surface area (Å²) in [6.45, 7) is 2.80. The van der Waals surface area contributed by atoms with Crippen molar-refractivity contribution in [2.24, 2.45) is 0 Å². The van der Waals surface area contributed by atoms with E-state index < -0.39 is 27.7 Å². The van der Waals surface area contributed by atoms with Crippen LogP contribution in [0.3, 0.4) is 0 Å². The summed E-state index contributed by atoms with van der Waals surface area (Å²) >= 11 is 0. The third kappa shape index (κ3) is 4.54. The summed E-state index contributed by atoms with van der Waals surface area (Å²) in [5.74, 6) is -1.35. The van der Waals surface area contributed by atoms with Crippen LogP contribution in [0.25, 0.3) is 0 Å². The van der Waals surface area contributed by atoms with Crippen LogP contribution in [0.5, 0.6) is 0 Å². The zero-order chi connectivity index (χ0) is 20.3. The topological polar surface area (TPSA) is 69.7 Å². The fourth-order valence-electron chi connectivity index (χ4n) is 3.09. The predicted octanol–water partition coefficient (Wildman–Crippen LogP) is 2.30. The maximum Gasteiger partial charge on any atom is 0.243 e. The van der Waals surface area contributed by atoms with Gasteiger partial charge in [-0.3, -0.25) is 9.69 Å². The number of carbonyl (C=O) groups is 1. The van der Waals surface area contributed by atoms with Gasteiger partial charge in [0.1, 0.15) is 11.6 Å². The molecule has 3 rings (SSSR count). The van der Waals surface area contributed by atoms with Crippen molar-refractivity contribution in [3.8, 4) is 0 Å². The number of hydrogen-bond acceptors (Lipinski definition) is 4. The van der Waals surface area contributed by atoms with Crippen LogP contribution in [0.1, 0.15) is 6.92 Å². The van der Waals surface area contributed by atoms with Gasteiger partial charge in [-0.15, -0.1) is 0 Å². The average Bonchev–Trinajstić information content (AvgIpc) is 2.67. The Labute approximate surface area is 162 Å². The molecule has 1 aliphatic rings. The van der Waals surface area contributed by atoms with Crippen LogP contribution in [-0.2, 0) is 14.8 Å². The number of sulfonamides is 1. The van der Waals surface area contributed by atoms with Gasteiger partial charge in [-0.05, 0) is 43.3 Å². The molecule has 0 saturated carbocycles. The van der Waals surface area contributed by atoms with Crippen molar-refractivity contribution in [1.82, 2.24) is 9.21 Å². The molecule has 1 aliphatic heterocycles. The molecule has 2 aromatic rings. The van der Waals surface area contributed by atoms with Crippen LogP contribution in [0.4, 0.5) is 14.5 Å². The molecule has 150 valence electrons. The van der Waals surface area contributed by atoms with Crippen molar-refractivity contribution in [1.29, 1.82) is 0 Å². The fraction of sp³-hybridized carbons (Fsp3) is 0.316. The Bertz CT molecular complexity index is 960. The van der Waals surface area contributed by atoms with Gasteiger partial charge in [0.2, 0.25) is 15.9 Å². The molecule has 1 amide bonds. The monoisotopic (exact) mass is 409 g/mol. The number of nitrogens with one attached hydrogen (secondary N) is 1. The van der Waals surface area contributed by atoms with E-state index in [0.29, 0.717) is 18.8 Å². The van der Waals surface area contributed by atoms with Crippen LogP contribution in [0.15, 0.2) is 53.4 Å². The number of benzene rings is 2. The fourth-order valence-corrected chi connectivity index (χ4v) is 4.54. The lowest BCUT2D eigenvalue weighted by Crippen LogP contribution is -2.53. The summed E-state index contributed by atoms with van der Waals surface area (Å²) in [7, 11) is -3.78. The summed E-state index contributed by atoms with van der Waals surface area (Å²) in [6.07, 6.45) is 0. The number of hydrogen-bond donors (Lipinski definition) is 1. The Hall–Kier alpha value is -2.36. The normalized spacial score (nSPS) is 17.2. The maximum atomic E-state index is 13.4. The zero-order valence-electron chi connectivity index (χ0n) is 15.3. The molecule has 2 aromatic carbocycles. The Morgan fingerprint density at radius 3 is 2.21 bits per heavy atom. The number of anilines is 1. The summed E-state index contributed by atoms with van der Waals surface area (Å²) < 4.78 is 53.2. The highest BCUT2D eigenvalue weighted by Gasteiger charge is 2.32. The van der Waals surface area contributed by atoms with Crippen LogP contribution >= 0.6 is 0 Å². The Morgan fingerprint density at radius 1 is 1.00 bits per heavy atom. The maximum absolute atomic E-state index is 13.4. The molecule has 0 aliphatic carbocycles. The van der Waals surface area contributed by atoms with E-state index in [0.717, 1.165) is 6.07 Å². The van der Waals surface area contributed by atoms with Gasteiger partial charge < -0.3 is 5.32 Å². The Balaban J connectivity index is 1.60. The van der Waals surface area contributed by atoms with Crippen molar-refractivity contribution in [2.45, 2.75) is 17.9 Å². The molecule has 6 nitrogen and oxygen atoms in total. The molecule has 1 fully saturated rings. The van der Waals surface area contributed by atoms with Gasteiger partial charge in [0.25, 0.3) is 0 Å². The Kier molecular flexibility index (Phi) is 6.07. The van der Waals surface area contributed by atoms with Gasteiger partial charge in [0.05, 0.1) is 10.9 Å².